The predicted octanol–water partition coefficient (Wildman–Crippen LogP) is 2.87. The number of aliphatic hydroxyl groups excluding tert-OH is 4. The molecule has 4 heteroatoms. The molecule has 2 atom stereocenters. The van der Waals surface area contributed by atoms with Crippen LogP contribution >= 0.6 is 0 Å². The van der Waals surface area contributed by atoms with Crippen LogP contribution in [0.3, 0.4) is 0 Å². The Labute approximate surface area is 147 Å². The summed E-state index contributed by atoms with van der Waals surface area (Å²) in [5.74, 6) is 1.17. The monoisotopic (exact) mass is 342 g/mol. The van der Waals surface area contributed by atoms with Gasteiger partial charge in [-0.1, -0.05) is 12.8 Å². The molecule has 2 fully saturated rings. The molecule has 24 heavy (non-hydrogen) atoms. The Balaban J connectivity index is 2.20. The lowest BCUT2D eigenvalue weighted by Gasteiger charge is -2.57. The summed E-state index contributed by atoms with van der Waals surface area (Å²) in [6.07, 6.45) is 12.6. The van der Waals surface area contributed by atoms with Crippen LogP contribution in [0.15, 0.2) is 0 Å². The lowest BCUT2D eigenvalue weighted by Crippen LogP contribution is -2.48. The van der Waals surface area contributed by atoms with Gasteiger partial charge in [0, 0.05) is 26.4 Å². The summed E-state index contributed by atoms with van der Waals surface area (Å²) in [5.41, 5.74) is 0.247. The van der Waals surface area contributed by atoms with Gasteiger partial charge in [0.05, 0.1) is 0 Å². The summed E-state index contributed by atoms with van der Waals surface area (Å²) in [5, 5.41) is 38.2. The molecule has 2 aliphatic carbocycles. The van der Waals surface area contributed by atoms with Crippen molar-refractivity contribution < 1.29 is 20.4 Å². The highest BCUT2D eigenvalue weighted by Crippen LogP contribution is 2.62. The normalized spacial score (nSPS) is 37.5. The molecule has 0 spiro atoms. The Hall–Kier alpha value is -0.160. The highest BCUT2D eigenvalue weighted by molar-refractivity contribution is 5.02. The van der Waals surface area contributed by atoms with Crippen LogP contribution in [0.1, 0.15) is 77.0 Å². The van der Waals surface area contributed by atoms with E-state index in [-0.39, 0.29) is 37.3 Å². The van der Waals surface area contributed by atoms with Crippen molar-refractivity contribution in [2.75, 3.05) is 26.4 Å². The molecule has 0 heterocycles. The van der Waals surface area contributed by atoms with E-state index in [0.717, 1.165) is 64.2 Å². The molecule has 142 valence electrons. The van der Waals surface area contributed by atoms with E-state index < -0.39 is 0 Å². The van der Waals surface area contributed by atoms with Crippen molar-refractivity contribution in [1.82, 2.24) is 0 Å². The fourth-order valence-electron chi connectivity index (χ4n) is 6.06. The molecule has 2 saturated carbocycles. The van der Waals surface area contributed by atoms with Gasteiger partial charge in [0.25, 0.3) is 0 Å². The number of hydrogen-bond acceptors (Lipinski definition) is 4. The summed E-state index contributed by atoms with van der Waals surface area (Å²) in [7, 11) is 0. The number of aliphatic hydroxyl groups is 4. The zero-order valence-corrected chi connectivity index (χ0v) is 15.3. The quantitative estimate of drug-likeness (QED) is 0.519. The number of rotatable bonds is 9. The lowest BCUT2D eigenvalue weighted by atomic mass is 9.48. The second kappa shape index (κ2) is 9.51. The van der Waals surface area contributed by atoms with E-state index in [1.165, 1.54) is 12.8 Å². The maximum atomic E-state index is 9.80. The minimum Gasteiger partial charge on any atom is -0.396 e. The first-order valence-corrected chi connectivity index (χ1v) is 10.1. The number of hydrogen-bond donors (Lipinski definition) is 4. The maximum absolute atomic E-state index is 9.80. The van der Waals surface area contributed by atoms with Crippen molar-refractivity contribution in [2.24, 2.45) is 22.7 Å². The van der Waals surface area contributed by atoms with Gasteiger partial charge in [-0.3, -0.25) is 0 Å². The zero-order valence-electron chi connectivity index (χ0n) is 15.3. The van der Waals surface area contributed by atoms with Gasteiger partial charge in [-0.2, -0.15) is 0 Å². The van der Waals surface area contributed by atoms with Crippen LogP contribution in [-0.4, -0.2) is 46.9 Å². The van der Waals surface area contributed by atoms with Crippen molar-refractivity contribution >= 4 is 0 Å². The molecule has 2 aliphatic rings. The van der Waals surface area contributed by atoms with Crippen molar-refractivity contribution in [3.05, 3.63) is 0 Å². The van der Waals surface area contributed by atoms with Crippen LogP contribution < -0.4 is 0 Å². The Kier molecular flexibility index (Phi) is 7.99. The molecule has 2 unspecified atom stereocenters. The van der Waals surface area contributed by atoms with Crippen molar-refractivity contribution in [2.45, 2.75) is 77.0 Å². The van der Waals surface area contributed by atoms with Gasteiger partial charge in [-0.25, -0.2) is 0 Å². The van der Waals surface area contributed by atoms with Crippen LogP contribution in [0.4, 0.5) is 0 Å². The topological polar surface area (TPSA) is 80.9 Å². The third-order valence-electron chi connectivity index (χ3n) is 7.39. The fourth-order valence-corrected chi connectivity index (χ4v) is 6.06. The maximum Gasteiger partial charge on any atom is 0.0436 e. The van der Waals surface area contributed by atoms with Crippen molar-refractivity contribution in [3.8, 4) is 0 Å². The van der Waals surface area contributed by atoms with Gasteiger partial charge < -0.3 is 20.4 Å². The van der Waals surface area contributed by atoms with Crippen molar-refractivity contribution in [1.29, 1.82) is 0 Å². The summed E-state index contributed by atoms with van der Waals surface area (Å²) >= 11 is 0. The van der Waals surface area contributed by atoms with Crippen LogP contribution in [0, 0.1) is 22.7 Å². The molecule has 0 aromatic carbocycles. The van der Waals surface area contributed by atoms with Crippen LogP contribution in [0.25, 0.3) is 0 Å². The molecule has 0 amide bonds. The fraction of sp³-hybridized carbons (Fsp3) is 1.00. The molecule has 0 aliphatic heterocycles. The van der Waals surface area contributed by atoms with E-state index in [9.17, 15) is 20.4 Å². The van der Waals surface area contributed by atoms with E-state index >= 15 is 0 Å². The minimum atomic E-state index is 0.118. The van der Waals surface area contributed by atoms with Crippen molar-refractivity contribution in [3.63, 3.8) is 0 Å². The molecule has 0 aromatic rings. The Morgan fingerprint density at radius 2 is 1.21 bits per heavy atom. The second-order valence-electron chi connectivity index (χ2n) is 8.44. The van der Waals surface area contributed by atoms with E-state index in [1.807, 2.05) is 0 Å². The Bertz CT molecular complexity index is 346. The summed E-state index contributed by atoms with van der Waals surface area (Å²) < 4.78 is 0. The van der Waals surface area contributed by atoms with E-state index in [0.29, 0.717) is 11.8 Å². The SMILES string of the molecule is OCCC1CCC(CCO)(C2(CCO)CCCC(CCO)C2)CC1. The molecule has 4 nitrogen and oxygen atoms in total. The molecule has 0 aromatic heterocycles. The van der Waals surface area contributed by atoms with Gasteiger partial charge in [0.2, 0.25) is 0 Å². The highest BCUT2D eigenvalue weighted by Gasteiger charge is 2.52. The average Bonchev–Trinajstić information content (AvgIpc) is 2.58. The Morgan fingerprint density at radius 1 is 0.625 bits per heavy atom. The van der Waals surface area contributed by atoms with E-state index in [4.69, 9.17) is 0 Å². The van der Waals surface area contributed by atoms with Gasteiger partial charge >= 0.3 is 0 Å². The van der Waals surface area contributed by atoms with E-state index in [2.05, 4.69) is 0 Å². The van der Waals surface area contributed by atoms with E-state index in [1.54, 1.807) is 0 Å². The standard InChI is InChI=1S/C20H38O4/c21-12-5-17-3-8-19(9-4-17,10-14-23)20(11-15-24)7-1-2-18(16-20)6-13-22/h17-18,21-24H,1-16H2. The summed E-state index contributed by atoms with van der Waals surface area (Å²) in [6.45, 7) is 0.977. The molecule has 0 bridgehead atoms. The predicted molar refractivity (Wildman–Crippen MR) is 95.6 cm³/mol. The third kappa shape index (κ3) is 4.32. The second-order valence-corrected chi connectivity index (χ2v) is 8.44. The minimum absolute atomic E-state index is 0.118. The Morgan fingerprint density at radius 3 is 1.79 bits per heavy atom. The zero-order chi connectivity index (χ0) is 17.5. The van der Waals surface area contributed by atoms with Gasteiger partial charge in [0.1, 0.15) is 0 Å². The molecular weight excluding hydrogens is 304 g/mol. The largest absolute Gasteiger partial charge is 0.396 e. The van der Waals surface area contributed by atoms with Gasteiger partial charge in [0.15, 0.2) is 0 Å². The first kappa shape index (κ1) is 20.2. The van der Waals surface area contributed by atoms with Gasteiger partial charge in [-0.05, 0) is 86.9 Å². The molecular formula is C20H38O4. The summed E-state index contributed by atoms with van der Waals surface area (Å²) in [4.78, 5) is 0. The third-order valence-corrected chi connectivity index (χ3v) is 7.39. The molecule has 4 N–H and O–H groups in total. The van der Waals surface area contributed by atoms with Crippen LogP contribution in [0.2, 0.25) is 0 Å². The highest BCUT2D eigenvalue weighted by atomic mass is 16.3. The summed E-state index contributed by atoms with van der Waals surface area (Å²) in [6, 6.07) is 0. The molecule has 0 saturated heterocycles. The van der Waals surface area contributed by atoms with Crippen LogP contribution in [0.5, 0.6) is 0 Å². The average molecular weight is 343 g/mol. The van der Waals surface area contributed by atoms with Crippen LogP contribution in [-0.2, 0) is 0 Å². The van der Waals surface area contributed by atoms with Gasteiger partial charge in [-0.15, -0.1) is 0 Å². The smallest absolute Gasteiger partial charge is 0.0436 e. The molecule has 2 rings (SSSR count). The molecule has 0 radical (unpaired) electrons. The lowest BCUT2D eigenvalue weighted by molar-refractivity contribution is -0.0879. The first-order chi connectivity index (χ1) is 11.6. The first-order valence-electron chi connectivity index (χ1n) is 10.1.